The third-order valence-electron chi connectivity index (χ3n) is 3.53. The van der Waals surface area contributed by atoms with Gasteiger partial charge in [-0.1, -0.05) is 0 Å². The number of hydrogen-bond acceptors (Lipinski definition) is 4. The van der Waals surface area contributed by atoms with Gasteiger partial charge in [-0.2, -0.15) is 0 Å². The maximum Gasteiger partial charge on any atom is 0.410 e. The summed E-state index contributed by atoms with van der Waals surface area (Å²) in [6.07, 6.45) is -0.453. The molecule has 1 aliphatic heterocycles. The van der Waals surface area contributed by atoms with Crippen molar-refractivity contribution in [2.75, 3.05) is 19.7 Å². The van der Waals surface area contributed by atoms with Crippen molar-refractivity contribution in [3.05, 3.63) is 0 Å². The summed E-state index contributed by atoms with van der Waals surface area (Å²) >= 11 is 0. The van der Waals surface area contributed by atoms with E-state index in [1.807, 2.05) is 0 Å². The molecule has 0 aromatic carbocycles. The summed E-state index contributed by atoms with van der Waals surface area (Å²) in [5, 5.41) is 0. The van der Waals surface area contributed by atoms with Crippen molar-refractivity contribution in [2.45, 2.75) is 39.0 Å². The van der Waals surface area contributed by atoms with Gasteiger partial charge in [0.15, 0.2) is 0 Å². The number of esters is 1. The first-order valence-corrected chi connectivity index (χ1v) is 6.54. The Bertz CT molecular complexity index is 392. The van der Waals surface area contributed by atoms with Crippen LogP contribution in [0.25, 0.3) is 0 Å². The number of alkyl halides is 1. The molecule has 1 amide bonds. The third-order valence-corrected chi connectivity index (χ3v) is 3.53. The van der Waals surface area contributed by atoms with Crippen molar-refractivity contribution >= 4 is 12.1 Å². The van der Waals surface area contributed by atoms with E-state index < -0.39 is 35.2 Å². The average molecular weight is 273 g/mol. The highest BCUT2D eigenvalue weighted by Crippen LogP contribution is 2.59. The highest BCUT2D eigenvalue weighted by molar-refractivity contribution is 5.85. The maximum atomic E-state index is 14.3. The lowest BCUT2D eigenvalue weighted by atomic mass is 10.2. The number of likely N-dealkylation sites (tertiary alicyclic amines) is 1. The summed E-state index contributed by atoms with van der Waals surface area (Å²) in [7, 11) is 0. The van der Waals surface area contributed by atoms with Crippen LogP contribution >= 0.6 is 0 Å². The molecule has 0 bridgehead atoms. The van der Waals surface area contributed by atoms with Crippen molar-refractivity contribution in [1.82, 2.24) is 4.90 Å². The van der Waals surface area contributed by atoms with Gasteiger partial charge in [0.1, 0.15) is 5.60 Å². The molecule has 1 unspecified atom stereocenters. The first-order valence-electron chi connectivity index (χ1n) is 6.54. The number of carbonyl (C=O) groups is 2. The lowest BCUT2D eigenvalue weighted by Gasteiger charge is -2.26. The van der Waals surface area contributed by atoms with Crippen LogP contribution in [0, 0.1) is 11.8 Å². The quantitative estimate of drug-likeness (QED) is 0.719. The second-order valence-electron chi connectivity index (χ2n) is 6.09. The molecule has 1 saturated carbocycles. The summed E-state index contributed by atoms with van der Waals surface area (Å²) in [6, 6.07) is 0. The Labute approximate surface area is 112 Å². The third kappa shape index (κ3) is 2.40. The van der Waals surface area contributed by atoms with Gasteiger partial charge in [-0.3, -0.25) is 0 Å². The number of piperidine rings is 1. The van der Waals surface area contributed by atoms with Crippen molar-refractivity contribution in [2.24, 2.45) is 11.8 Å². The van der Waals surface area contributed by atoms with Gasteiger partial charge in [0.2, 0.25) is 5.67 Å². The van der Waals surface area contributed by atoms with Gasteiger partial charge in [-0.05, 0) is 27.7 Å². The van der Waals surface area contributed by atoms with Crippen molar-refractivity contribution < 1.29 is 23.5 Å². The number of fused-ring (bicyclic) bond motifs is 1. The second-order valence-corrected chi connectivity index (χ2v) is 6.09. The minimum atomic E-state index is -1.89. The van der Waals surface area contributed by atoms with E-state index in [9.17, 15) is 14.0 Å². The van der Waals surface area contributed by atoms with E-state index in [0.717, 1.165) is 0 Å². The average Bonchev–Trinajstić information content (AvgIpc) is 2.69. The van der Waals surface area contributed by atoms with Gasteiger partial charge in [-0.25, -0.2) is 14.0 Å². The van der Waals surface area contributed by atoms with Crippen LogP contribution in [0.3, 0.4) is 0 Å². The Morgan fingerprint density at radius 3 is 2.26 bits per heavy atom. The summed E-state index contributed by atoms with van der Waals surface area (Å²) in [5.41, 5.74) is -2.47. The Balaban J connectivity index is 1.90. The van der Waals surface area contributed by atoms with E-state index in [0.29, 0.717) is 0 Å². The Kier molecular flexibility index (Phi) is 3.23. The minimum Gasteiger partial charge on any atom is -0.464 e. The van der Waals surface area contributed by atoms with E-state index >= 15 is 0 Å². The van der Waals surface area contributed by atoms with Gasteiger partial charge in [0.05, 0.1) is 6.61 Å². The summed E-state index contributed by atoms with van der Waals surface area (Å²) in [4.78, 5) is 24.8. The fourth-order valence-electron chi connectivity index (χ4n) is 2.59. The predicted octanol–water partition coefficient (Wildman–Crippen LogP) is 1.75. The maximum absolute atomic E-state index is 14.3. The number of ether oxygens (including phenoxy) is 2. The van der Waals surface area contributed by atoms with E-state index in [1.165, 1.54) is 4.90 Å². The SMILES string of the molecule is CCOC(=O)C1(F)[C@@H]2CN(C(=O)OC(C)(C)C)C[C@@H]21. The molecule has 1 heterocycles. The van der Waals surface area contributed by atoms with E-state index in [1.54, 1.807) is 27.7 Å². The van der Waals surface area contributed by atoms with Crippen molar-refractivity contribution in [3.63, 3.8) is 0 Å². The number of nitrogens with zero attached hydrogens (tertiary/aromatic N) is 1. The minimum absolute atomic E-state index is 0.166. The molecule has 0 spiro atoms. The van der Waals surface area contributed by atoms with Gasteiger partial charge in [0.25, 0.3) is 0 Å². The smallest absolute Gasteiger partial charge is 0.410 e. The van der Waals surface area contributed by atoms with E-state index in [4.69, 9.17) is 9.47 Å². The van der Waals surface area contributed by atoms with Crippen LogP contribution in [0.4, 0.5) is 9.18 Å². The predicted molar refractivity (Wildman–Crippen MR) is 65.3 cm³/mol. The van der Waals surface area contributed by atoms with Gasteiger partial charge >= 0.3 is 12.1 Å². The molecule has 1 saturated heterocycles. The van der Waals surface area contributed by atoms with Gasteiger partial charge in [-0.15, -0.1) is 0 Å². The topological polar surface area (TPSA) is 55.8 Å². The highest BCUT2D eigenvalue weighted by atomic mass is 19.1. The number of amides is 1. The summed E-state index contributed by atoms with van der Waals surface area (Å²) in [5.74, 6) is -1.69. The molecular formula is C13H20FNO4. The first kappa shape index (κ1) is 14.1. The zero-order valence-corrected chi connectivity index (χ0v) is 11.7. The van der Waals surface area contributed by atoms with Crippen LogP contribution in [0.5, 0.6) is 0 Å². The molecule has 3 atom stereocenters. The number of hydrogen-bond donors (Lipinski definition) is 0. The lowest BCUT2D eigenvalue weighted by molar-refractivity contribution is -0.153. The fraction of sp³-hybridized carbons (Fsp3) is 0.846. The van der Waals surface area contributed by atoms with Crippen molar-refractivity contribution in [1.29, 1.82) is 0 Å². The number of halogens is 1. The normalized spacial score (nSPS) is 32.8. The fourth-order valence-corrected chi connectivity index (χ4v) is 2.59. The van der Waals surface area contributed by atoms with Crippen LogP contribution in [0.2, 0.25) is 0 Å². The molecule has 0 aromatic heterocycles. The molecule has 19 heavy (non-hydrogen) atoms. The Morgan fingerprint density at radius 1 is 1.32 bits per heavy atom. The van der Waals surface area contributed by atoms with Gasteiger partial charge < -0.3 is 14.4 Å². The van der Waals surface area contributed by atoms with Crippen LogP contribution in [-0.2, 0) is 14.3 Å². The van der Waals surface area contributed by atoms with Gasteiger partial charge in [0, 0.05) is 24.9 Å². The van der Waals surface area contributed by atoms with Crippen molar-refractivity contribution in [3.8, 4) is 0 Å². The molecule has 1 aliphatic carbocycles. The largest absolute Gasteiger partial charge is 0.464 e. The van der Waals surface area contributed by atoms with E-state index in [-0.39, 0.29) is 19.7 Å². The van der Waals surface area contributed by atoms with Crippen LogP contribution in [-0.4, -0.2) is 47.9 Å². The molecule has 0 aromatic rings. The van der Waals surface area contributed by atoms with E-state index in [2.05, 4.69) is 0 Å². The number of carbonyl (C=O) groups excluding carboxylic acids is 2. The molecule has 6 heteroatoms. The molecule has 5 nitrogen and oxygen atoms in total. The first-order chi connectivity index (χ1) is 8.70. The zero-order valence-electron chi connectivity index (χ0n) is 11.7. The Hall–Kier alpha value is -1.33. The summed E-state index contributed by atoms with van der Waals surface area (Å²) in [6.45, 7) is 7.58. The molecule has 2 fully saturated rings. The monoisotopic (exact) mass is 273 g/mol. The molecular weight excluding hydrogens is 253 g/mol. The Morgan fingerprint density at radius 2 is 1.84 bits per heavy atom. The lowest BCUT2D eigenvalue weighted by Crippen LogP contribution is -2.41. The molecule has 0 radical (unpaired) electrons. The molecule has 2 aliphatic rings. The summed E-state index contributed by atoms with van der Waals surface area (Å²) < 4.78 is 24.3. The highest BCUT2D eigenvalue weighted by Gasteiger charge is 2.76. The van der Waals surface area contributed by atoms with Crippen LogP contribution in [0.1, 0.15) is 27.7 Å². The molecule has 2 rings (SSSR count). The second kappa shape index (κ2) is 4.35. The molecule has 108 valence electrons. The number of rotatable bonds is 2. The molecule has 0 N–H and O–H groups in total. The van der Waals surface area contributed by atoms with Crippen LogP contribution in [0.15, 0.2) is 0 Å². The zero-order chi connectivity index (χ0) is 14.4. The van der Waals surface area contributed by atoms with Crippen LogP contribution < -0.4 is 0 Å². The standard InChI is InChI=1S/C13H20FNO4/c1-5-18-10(16)13(14)8-6-15(7-9(8)13)11(17)19-12(2,3)4/h8-9H,5-7H2,1-4H3/t8-,9+,13?.